The summed E-state index contributed by atoms with van der Waals surface area (Å²) in [5.41, 5.74) is 0.465. The van der Waals surface area contributed by atoms with Crippen LogP contribution in [0.4, 0.5) is 10.5 Å². The SMILES string of the molecule is CC1CNCCC1NC(=O)CCC1NC(=O)N(c2ccc(Cl)cc2)C1=O. The van der Waals surface area contributed by atoms with Gasteiger partial charge in [-0.25, -0.2) is 9.69 Å². The van der Waals surface area contributed by atoms with Crippen molar-refractivity contribution in [2.24, 2.45) is 5.92 Å². The molecule has 0 spiro atoms. The van der Waals surface area contributed by atoms with E-state index in [2.05, 4.69) is 22.9 Å². The Morgan fingerprint density at radius 3 is 2.73 bits per heavy atom. The normalized spacial score (nSPS) is 25.9. The summed E-state index contributed by atoms with van der Waals surface area (Å²) >= 11 is 5.84. The average molecular weight is 379 g/mol. The molecule has 0 saturated carbocycles. The predicted molar refractivity (Wildman–Crippen MR) is 99.1 cm³/mol. The highest BCUT2D eigenvalue weighted by molar-refractivity contribution is 6.30. The molecular formula is C18H23ClN4O3. The number of rotatable bonds is 5. The van der Waals surface area contributed by atoms with Crippen LogP contribution in [0.2, 0.25) is 5.02 Å². The molecule has 2 saturated heterocycles. The number of piperidine rings is 1. The molecule has 3 rings (SSSR count). The average Bonchev–Trinajstić information content (AvgIpc) is 2.90. The van der Waals surface area contributed by atoms with Gasteiger partial charge in [-0.05, 0) is 56.1 Å². The Hall–Kier alpha value is -2.12. The van der Waals surface area contributed by atoms with Crippen molar-refractivity contribution in [3.8, 4) is 0 Å². The molecule has 0 bridgehead atoms. The Morgan fingerprint density at radius 2 is 2.04 bits per heavy atom. The van der Waals surface area contributed by atoms with Gasteiger partial charge in [0, 0.05) is 17.5 Å². The molecule has 2 fully saturated rings. The van der Waals surface area contributed by atoms with Crippen molar-refractivity contribution in [2.45, 2.75) is 38.3 Å². The zero-order valence-electron chi connectivity index (χ0n) is 14.6. The molecule has 2 aliphatic heterocycles. The van der Waals surface area contributed by atoms with Gasteiger partial charge in [-0.15, -0.1) is 0 Å². The maximum Gasteiger partial charge on any atom is 0.329 e. The van der Waals surface area contributed by atoms with E-state index in [1.54, 1.807) is 24.3 Å². The summed E-state index contributed by atoms with van der Waals surface area (Å²) in [6.45, 7) is 3.88. The Bertz CT molecular complexity index is 694. The zero-order valence-corrected chi connectivity index (χ0v) is 15.4. The lowest BCUT2D eigenvalue weighted by Gasteiger charge is -2.30. The van der Waals surface area contributed by atoms with E-state index in [9.17, 15) is 14.4 Å². The molecule has 7 nitrogen and oxygen atoms in total. The molecule has 8 heteroatoms. The number of hydrogen-bond acceptors (Lipinski definition) is 4. The molecular weight excluding hydrogens is 356 g/mol. The van der Waals surface area contributed by atoms with Crippen LogP contribution in [0.5, 0.6) is 0 Å². The fourth-order valence-corrected chi connectivity index (χ4v) is 3.47. The summed E-state index contributed by atoms with van der Waals surface area (Å²) in [7, 11) is 0. The number of urea groups is 1. The minimum atomic E-state index is -0.686. The van der Waals surface area contributed by atoms with Crippen LogP contribution >= 0.6 is 11.6 Å². The van der Waals surface area contributed by atoms with Crippen LogP contribution in [-0.4, -0.2) is 43.0 Å². The second-order valence-corrected chi connectivity index (χ2v) is 7.27. The van der Waals surface area contributed by atoms with E-state index in [4.69, 9.17) is 11.6 Å². The Morgan fingerprint density at radius 1 is 1.31 bits per heavy atom. The predicted octanol–water partition coefficient (Wildman–Crippen LogP) is 1.66. The number of halogens is 1. The van der Waals surface area contributed by atoms with Crippen LogP contribution in [0.25, 0.3) is 0 Å². The smallest absolute Gasteiger partial charge is 0.329 e. The maximum atomic E-state index is 12.5. The number of nitrogens with one attached hydrogen (secondary N) is 3. The molecule has 3 unspecified atom stereocenters. The van der Waals surface area contributed by atoms with Crippen molar-refractivity contribution in [3.63, 3.8) is 0 Å². The van der Waals surface area contributed by atoms with Gasteiger partial charge in [-0.1, -0.05) is 18.5 Å². The Balaban J connectivity index is 1.54. The molecule has 4 amide bonds. The highest BCUT2D eigenvalue weighted by atomic mass is 35.5. The highest BCUT2D eigenvalue weighted by Crippen LogP contribution is 2.23. The van der Waals surface area contributed by atoms with E-state index >= 15 is 0 Å². The second-order valence-electron chi connectivity index (χ2n) is 6.83. The number of anilines is 1. The number of carbonyl (C=O) groups is 3. The molecule has 2 heterocycles. The van der Waals surface area contributed by atoms with E-state index < -0.39 is 12.1 Å². The molecule has 1 aromatic rings. The summed E-state index contributed by atoms with van der Waals surface area (Å²) in [4.78, 5) is 38.0. The molecule has 3 atom stereocenters. The Labute approximate surface area is 157 Å². The van der Waals surface area contributed by atoms with Crippen LogP contribution in [0.3, 0.4) is 0 Å². The summed E-state index contributed by atoms with van der Waals surface area (Å²) in [6, 6.07) is 5.48. The fraction of sp³-hybridized carbons (Fsp3) is 0.500. The zero-order chi connectivity index (χ0) is 18.7. The van der Waals surface area contributed by atoms with Gasteiger partial charge >= 0.3 is 6.03 Å². The van der Waals surface area contributed by atoms with E-state index in [1.165, 1.54) is 0 Å². The van der Waals surface area contributed by atoms with E-state index in [-0.39, 0.29) is 30.7 Å². The topological polar surface area (TPSA) is 90.5 Å². The van der Waals surface area contributed by atoms with Crippen molar-refractivity contribution in [2.75, 3.05) is 18.0 Å². The van der Waals surface area contributed by atoms with Gasteiger partial charge in [-0.2, -0.15) is 0 Å². The minimum Gasteiger partial charge on any atom is -0.353 e. The third kappa shape index (κ3) is 4.16. The first kappa shape index (κ1) is 18.7. The van der Waals surface area contributed by atoms with Gasteiger partial charge < -0.3 is 16.0 Å². The van der Waals surface area contributed by atoms with Gasteiger partial charge in [0.25, 0.3) is 5.91 Å². The van der Waals surface area contributed by atoms with Gasteiger partial charge in [-0.3, -0.25) is 9.59 Å². The number of hydrogen-bond donors (Lipinski definition) is 3. The second kappa shape index (κ2) is 8.05. The van der Waals surface area contributed by atoms with Crippen molar-refractivity contribution >= 4 is 35.1 Å². The van der Waals surface area contributed by atoms with E-state index in [0.717, 1.165) is 24.4 Å². The number of carbonyl (C=O) groups excluding carboxylic acids is 3. The lowest BCUT2D eigenvalue weighted by atomic mass is 9.95. The first-order valence-electron chi connectivity index (χ1n) is 8.86. The molecule has 140 valence electrons. The standard InChI is InChI=1S/C18H23ClN4O3/c1-11-10-20-9-8-14(11)21-16(24)7-6-15-17(25)23(18(26)22-15)13-4-2-12(19)3-5-13/h2-5,11,14-15,20H,6-10H2,1H3,(H,21,24)(H,22,26). The summed E-state index contributed by atoms with van der Waals surface area (Å²) in [5.74, 6) is -0.0583. The number of benzene rings is 1. The number of amides is 4. The van der Waals surface area contributed by atoms with Crippen molar-refractivity contribution in [1.29, 1.82) is 0 Å². The molecule has 0 aliphatic carbocycles. The monoisotopic (exact) mass is 378 g/mol. The van der Waals surface area contributed by atoms with Crippen LogP contribution in [0.1, 0.15) is 26.2 Å². The van der Waals surface area contributed by atoms with Gasteiger partial charge in [0.15, 0.2) is 0 Å². The highest BCUT2D eigenvalue weighted by Gasteiger charge is 2.39. The van der Waals surface area contributed by atoms with E-state index in [0.29, 0.717) is 16.6 Å². The molecule has 26 heavy (non-hydrogen) atoms. The van der Waals surface area contributed by atoms with E-state index in [1.807, 2.05) is 0 Å². The third-order valence-electron chi connectivity index (χ3n) is 4.90. The molecule has 2 aliphatic rings. The van der Waals surface area contributed by atoms with Crippen molar-refractivity contribution < 1.29 is 14.4 Å². The van der Waals surface area contributed by atoms with Crippen LogP contribution < -0.4 is 20.9 Å². The largest absolute Gasteiger partial charge is 0.353 e. The molecule has 0 radical (unpaired) electrons. The quantitative estimate of drug-likeness (QED) is 0.680. The number of nitrogens with zero attached hydrogens (tertiary/aromatic N) is 1. The van der Waals surface area contributed by atoms with Gasteiger partial charge in [0.1, 0.15) is 6.04 Å². The third-order valence-corrected chi connectivity index (χ3v) is 5.15. The molecule has 3 N–H and O–H groups in total. The summed E-state index contributed by atoms with van der Waals surface area (Å²) in [5, 5.41) is 9.51. The first-order valence-corrected chi connectivity index (χ1v) is 9.23. The van der Waals surface area contributed by atoms with Crippen molar-refractivity contribution in [3.05, 3.63) is 29.3 Å². The minimum absolute atomic E-state index is 0.0873. The lowest BCUT2D eigenvalue weighted by molar-refractivity contribution is -0.122. The Kier molecular flexibility index (Phi) is 5.78. The van der Waals surface area contributed by atoms with Gasteiger partial charge in [0.2, 0.25) is 5.91 Å². The van der Waals surface area contributed by atoms with Crippen LogP contribution in [-0.2, 0) is 9.59 Å². The summed E-state index contributed by atoms with van der Waals surface area (Å²) < 4.78 is 0. The maximum absolute atomic E-state index is 12.5. The van der Waals surface area contributed by atoms with Crippen molar-refractivity contribution in [1.82, 2.24) is 16.0 Å². The van der Waals surface area contributed by atoms with Crippen LogP contribution in [0, 0.1) is 5.92 Å². The fourth-order valence-electron chi connectivity index (χ4n) is 3.34. The van der Waals surface area contributed by atoms with Crippen LogP contribution in [0.15, 0.2) is 24.3 Å². The summed E-state index contributed by atoms with van der Waals surface area (Å²) in [6.07, 6.45) is 1.37. The molecule has 0 aromatic heterocycles. The first-order chi connectivity index (χ1) is 12.5. The molecule has 1 aromatic carbocycles. The lowest BCUT2D eigenvalue weighted by Crippen LogP contribution is -2.48. The number of imide groups is 1. The van der Waals surface area contributed by atoms with Gasteiger partial charge in [0.05, 0.1) is 5.69 Å².